The van der Waals surface area contributed by atoms with E-state index in [2.05, 4.69) is 150 Å². The highest BCUT2D eigenvalue weighted by Gasteiger charge is 2.27. The Labute approximate surface area is 257 Å². The van der Waals surface area contributed by atoms with E-state index >= 15 is 0 Å². The highest BCUT2D eigenvalue weighted by molar-refractivity contribution is 7.99. The van der Waals surface area contributed by atoms with Crippen molar-refractivity contribution < 1.29 is 0 Å². The second kappa shape index (κ2) is 9.84. The van der Waals surface area contributed by atoms with Gasteiger partial charge in [-0.2, -0.15) is 0 Å². The van der Waals surface area contributed by atoms with Gasteiger partial charge in [0.2, 0.25) is 0 Å². The minimum atomic E-state index is 0.978. The molecule has 0 spiro atoms. The lowest BCUT2D eigenvalue weighted by Crippen LogP contribution is -2.14. The lowest BCUT2D eigenvalue weighted by atomic mass is 9.93. The summed E-state index contributed by atoms with van der Waals surface area (Å²) < 4.78 is 1.20. The van der Waals surface area contributed by atoms with Crippen LogP contribution in [-0.2, 0) is 0 Å². The fourth-order valence-electron chi connectivity index (χ4n) is 6.32. The summed E-state index contributed by atoms with van der Waals surface area (Å²) in [5, 5.41) is 5.96. The highest BCUT2D eigenvalue weighted by atomic mass is 32.2. The van der Waals surface area contributed by atoms with Crippen molar-refractivity contribution in [3.05, 3.63) is 146 Å². The first-order chi connectivity index (χ1) is 21.3. The number of fused-ring (bicyclic) bond motifs is 5. The number of aromatic nitrogens is 1. The van der Waals surface area contributed by atoms with Gasteiger partial charge >= 0.3 is 0 Å². The Morgan fingerprint density at radius 3 is 1.74 bits per heavy atom. The highest BCUT2D eigenvalue weighted by Crippen LogP contribution is 2.53. The van der Waals surface area contributed by atoms with Crippen LogP contribution in [0.5, 0.6) is 0 Å². The number of rotatable bonds is 3. The van der Waals surface area contributed by atoms with Crippen LogP contribution >= 0.6 is 23.1 Å². The van der Waals surface area contributed by atoms with E-state index in [1.165, 1.54) is 69.7 Å². The first kappa shape index (κ1) is 24.7. The molecule has 0 atom stereocenters. The van der Waals surface area contributed by atoms with Gasteiger partial charge in [-0.1, -0.05) is 132 Å². The molecule has 0 fully saturated rings. The van der Waals surface area contributed by atoms with Crippen molar-refractivity contribution in [2.24, 2.45) is 0 Å². The topological polar surface area (TPSA) is 16.1 Å². The van der Waals surface area contributed by atoms with Crippen LogP contribution in [0.2, 0.25) is 0 Å². The molecule has 0 saturated heterocycles. The number of hydrogen-bond acceptors (Lipinski definition) is 4. The number of hydrogen-bond donors (Lipinski definition) is 0. The second-order valence-corrected chi connectivity index (χ2v) is 12.9. The summed E-state index contributed by atoms with van der Waals surface area (Å²) in [5.74, 6) is 0. The molecule has 8 aromatic rings. The van der Waals surface area contributed by atoms with Crippen LogP contribution < -0.4 is 4.90 Å². The van der Waals surface area contributed by atoms with Crippen LogP contribution in [0, 0.1) is 0 Å². The van der Waals surface area contributed by atoms with E-state index in [4.69, 9.17) is 4.98 Å². The monoisotopic (exact) mass is 584 g/mol. The molecule has 2 heterocycles. The van der Waals surface area contributed by atoms with E-state index in [1.54, 1.807) is 11.3 Å². The molecule has 0 amide bonds. The zero-order valence-electron chi connectivity index (χ0n) is 23.1. The van der Waals surface area contributed by atoms with Gasteiger partial charge in [0.25, 0.3) is 0 Å². The molecule has 1 aliphatic rings. The predicted molar refractivity (Wildman–Crippen MR) is 184 cm³/mol. The maximum atomic E-state index is 5.40. The first-order valence-electron chi connectivity index (χ1n) is 14.4. The van der Waals surface area contributed by atoms with Gasteiger partial charge in [-0.3, -0.25) is 4.90 Å². The molecule has 2 nitrogen and oxygen atoms in total. The van der Waals surface area contributed by atoms with Crippen LogP contribution in [0.15, 0.2) is 155 Å². The van der Waals surface area contributed by atoms with Crippen molar-refractivity contribution in [3.63, 3.8) is 0 Å². The van der Waals surface area contributed by atoms with Crippen molar-refractivity contribution in [1.82, 2.24) is 4.98 Å². The maximum absolute atomic E-state index is 5.40. The first-order valence-corrected chi connectivity index (χ1v) is 16.0. The van der Waals surface area contributed by atoms with Crippen LogP contribution in [0.3, 0.4) is 0 Å². The van der Waals surface area contributed by atoms with Crippen molar-refractivity contribution >= 4 is 71.4 Å². The van der Waals surface area contributed by atoms with Gasteiger partial charge in [-0.25, -0.2) is 4.98 Å². The van der Waals surface area contributed by atoms with Crippen LogP contribution in [0.4, 0.5) is 16.5 Å². The number of thiazole rings is 1. The summed E-state index contributed by atoms with van der Waals surface area (Å²) in [6.07, 6.45) is 0. The summed E-state index contributed by atoms with van der Waals surface area (Å²) in [6.45, 7) is 0. The lowest BCUT2D eigenvalue weighted by Gasteiger charge is -2.30. The normalized spacial score (nSPS) is 12.5. The van der Waals surface area contributed by atoms with E-state index in [0.29, 0.717) is 0 Å². The van der Waals surface area contributed by atoms with E-state index in [0.717, 1.165) is 10.6 Å². The third-order valence-corrected chi connectivity index (χ3v) is 10.5. The third-order valence-electron chi connectivity index (χ3n) is 8.28. The molecule has 0 saturated carbocycles. The molecule has 0 aliphatic carbocycles. The molecule has 1 aliphatic heterocycles. The smallest absolute Gasteiger partial charge is 0.195 e. The van der Waals surface area contributed by atoms with E-state index in [9.17, 15) is 0 Å². The van der Waals surface area contributed by atoms with E-state index < -0.39 is 0 Å². The van der Waals surface area contributed by atoms with Crippen molar-refractivity contribution in [3.8, 4) is 22.3 Å². The molecule has 202 valence electrons. The molecule has 0 unspecified atom stereocenters. The Hall–Kier alpha value is -4.90. The Bertz CT molecular complexity index is 2300. The number of para-hydroxylation sites is 2. The fourth-order valence-corrected chi connectivity index (χ4v) is 8.48. The Kier molecular flexibility index (Phi) is 5.65. The Morgan fingerprint density at radius 1 is 0.488 bits per heavy atom. The zero-order valence-corrected chi connectivity index (χ0v) is 24.7. The van der Waals surface area contributed by atoms with Crippen molar-refractivity contribution in [2.75, 3.05) is 4.90 Å². The average Bonchev–Trinajstić information content (AvgIpc) is 3.50. The van der Waals surface area contributed by atoms with Gasteiger partial charge in [0, 0.05) is 15.4 Å². The molecular weight excluding hydrogens is 561 g/mol. The summed E-state index contributed by atoms with van der Waals surface area (Å²) in [5.41, 5.74) is 8.21. The quantitative estimate of drug-likeness (QED) is 0.205. The van der Waals surface area contributed by atoms with Gasteiger partial charge in [0.15, 0.2) is 5.13 Å². The molecular formula is C39H24N2S2. The number of anilines is 3. The molecule has 0 bridgehead atoms. The van der Waals surface area contributed by atoms with E-state index in [1.807, 2.05) is 11.8 Å². The number of benzene rings is 7. The molecule has 9 rings (SSSR count). The van der Waals surface area contributed by atoms with Crippen LogP contribution in [-0.4, -0.2) is 4.98 Å². The number of nitrogens with zero attached hydrogens (tertiary/aromatic N) is 2. The van der Waals surface area contributed by atoms with Crippen molar-refractivity contribution in [2.45, 2.75) is 9.79 Å². The van der Waals surface area contributed by atoms with Gasteiger partial charge in [0.1, 0.15) is 0 Å². The Balaban J connectivity index is 1.34. The average molecular weight is 585 g/mol. The maximum Gasteiger partial charge on any atom is 0.195 e. The molecule has 0 N–H and O–H groups in total. The van der Waals surface area contributed by atoms with Gasteiger partial charge in [-0.15, -0.1) is 0 Å². The molecule has 7 aromatic carbocycles. The van der Waals surface area contributed by atoms with Crippen LogP contribution in [0.25, 0.3) is 54.0 Å². The van der Waals surface area contributed by atoms with Crippen molar-refractivity contribution in [1.29, 1.82) is 0 Å². The standard InChI is InChI=1S/C39H24N2S2/c1-3-15-28-25(11-1)13-9-17-30(28)27-23-32(31-18-10-14-26-12-2-4-16-29(26)31)38-33(24-27)40-39(43-38)41-34-19-5-7-21-36(34)42-37-22-8-6-20-35(37)41/h1-24H. The summed E-state index contributed by atoms with van der Waals surface area (Å²) >= 11 is 3.60. The second-order valence-electron chi connectivity index (χ2n) is 10.8. The minimum Gasteiger partial charge on any atom is -0.284 e. The molecule has 4 heteroatoms. The Morgan fingerprint density at radius 2 is 1.05 bits per heavy atom. The summed E-state index contributed by atoms with van der Waals surface area (Å²) in [4.78, 5) is 10.2. The minimum absolute atomic E-state index is 0.978. The zero-order chi connectivity index (χ0) is 28.3. The van der Waals surface area contributed by atoms with Crippen LogP contribution in [0.1, 0.15) is 0 Å². The largest absolute Gasteiger partial charge is 0.284 e. The lowest BCUT2D eigenvalue weighted by molar-refractivity contribution is 1.15. The molecule has 1 aromatic heterocycles. The molecule has 0 radical (unpaired) electrons. The van der Waals surface area contributed by atoms with Gasteiger partial charge < -0.3 is 0 Å². The molecule has 43 heavy (non-hydrogen) atoms. The summed E-state index contributed by atoms with van der Waals surface area (Å²) in [7, 11) is 0. The fraction of sp³-hybridized carbons (Fsp3) is 0. The van der Waals surface area contributed by atoms with E-state index in [-0.39, 0.29) is 0 Å². The third kappa shape index (κ3) is 3.98. The summed E-state index contributed by atoms with van der Waals surface area (Å²) in [6, 6.07) is 52.5. The SMILES string of the molecule is c1ccc2c(c1)Sc1ccccc1N2c1nc2cc(-c3cccc4ccccc34)cc(-c3cccc4ccccc34)c2s1. The predicted octanol–water partition coefficient (Wildman–Crippen LogP) is 11.9. The van der Waals surface area contributed by atoms with Gasteiger partial charge in [-0.05, 0) is 74.6 Å². The van der Waals surface area contributed by atoms with Gasteiger partial charge in [0.05, 0.1) is 21.6 Å².